The summed E-state index contributed by atoms with van der Waals surface area (Å²) in [6.45, 7) is -0.986. The maximum Gasteiger partial charge on any atom is 0.408 e. The molecule has 0 atom stereocenters. The van der Waals surface area contributed by atoms with Crippen molar-refractivity contribution in [1.29, 1.82) is 0 Å². The smallest absolute Gasteiger partial charge is 0.263 e. The van der Waals surface area contributed by atoms with Crippen LogP contribution in [0.15, 0.2) is 12.3 Å². The maximum absolute atomic E-state index is 11.9. The molecule has 1 aliphatic rings. The van der Waals surface area contributed by atoms with E-state index >= 15 is 0 Å². The Hall–Kier alpha value is -1.00. The van der Waals surface area contributed by atoms with Gasteiger partial charge in [0.25, 0.3) is 0 Å². The largest absolute Gasteiger partial charge is 0.408 e. The first kappa shape index (κ1) is 8.59. The summed E-state index contributed by atoms with van der Waals surface area (Å²) in [5.41, 5.74) is 0.796. The number of hydrogen-bond donors (Lipinski definition) is 0. The van der Waals surface area contributed by atoms with E-state index in [0.717, 1.165) is 23.2 Å². The molecule has 0 unspecified atom stereocenters. The van der Waals surface area contributed by atoms with Crippen molar-refractivity contribution in [1.82, 2.24) is 9.78 Å². The highest BCUT2D eigenvalue weighted by atomic mass is 19.4. The molecule has 5 heteroatoms. The molecule has 0 N–H and O–H groups in total. The molecule has 1 aromatic heterocycles. The van der Waals surface area contributed by atoms with Crippen molar-refractivity contribution in [2.24, 2.45) is 0 Å². The summed E-state index contributed by atoms with van der Waals surface area (Å²) in [6.07, 6.45) is -0.667. The summed E-state index contributed by atoms with van der Waals surface area (Å²) in [6, 6.07) is 1.67. The van der Waals surface area contributed by atoms with Gasteiger partial charge in [-0.15, -0.1) is 0 Å². The molecule has 0 aromatic carbocycles. The van der Waals surface area contributed by atoms with Crippen LogP contribution in [-0.2, 0) is 6.54 Å². The van der Waals surface area contributed by atoms with Gasteiger partial charge in [0, 0.05) is 12.1 Å². The first-order valence-electron chi connectivity index (χ1n) is 4.15. The van der Waals surface area contributed by atoms with Crippen LogP contribution in [-0.4, -0.2) is 16.0 Å². The van der Waals surface area contributed by atoms with Gasteiger partial charge in [-0.1, -0.05) is 0 Å². The average Bonchev–Trinajstić information content (AvgIpc) is 2.72. The van der Waals surface area contributed by atoms with Crippen molar-refractivity contribution in [3.8, 4) is 0 Å². The SMILES string of the molecule is FC(F)(F)Cn1ccc(C2CC2)n1. The van der Waals surface area contributed by atoms with Crippen LogP contribution in [0, 0.1) is 0 Å². The molecule has 0 aliphatic heterocycles. The molecular weight excluding hydrogens is 181 g/mol. The van der Waals surface area contributed by atoms with E-state index in [9.17, 15) is 13.2 Å². The van der Waals surface area contributed by atoms with Gasteiger partial charge in [-0.05, 0) is 18.9 Å². The van der Waals surface area contributed by atoms with E-state index in [1.807, 2.05) is 0 Å². The van der Waals surface area contributed by atoms with Crippen molar-refractivity contribution in [3.63, 3.8) is 0 Å². The molecule has 1 heterocycles. The van der Waals surface area contributed by atoms with E-state index in [-0.39, 0.29) is 0 Å². The summed E-state index contributed by atoms with van der Waals surface area (Å²) in [4.78, 5) is 0. The van der Waals surface area contributed by atoms with Gasteiger partial charge in [0.1, 0.15) is 6.54 Å². The topological polar surface area (TPSA) is 17.8 Å². The Bertz CT molecular complexity index is 299. The van der Waals surface area contributed by atoms with Crippen LogP contribution in [0.2, 0.25) is 0 Å². The number of aromatic nitrogens is 2. The number of halogens is 3. The molecule has 1 aromatic rings. The highest BCUT2D eigenvalue weighted by Gasteiger charge is 2.30. The minimum absolute atomic E-state index is 0.412. The minimum atomic E-state index is -4.17. The Morgan fingerprint density at radius 3 is 2.69 bits per heavy atom. The number of rotatable bonds is 2. The Morgan fingerprint density at radius 2 is 2.15 bits per heavy atom. The molecule has 1 aliphatic carbocycles. The third-order valence-electron chi connectivity index (χ3n) is 2.00. The fraction of sp³-hybridized carbons (Fsp3) is 0.625. The fourth-order valence-corrected chi connectivity index (χ4v) is 1.25. The van der Waals surface area contributed by atoms with Crippen LogP contribution < -0.4 is 0 Å². The fourth-order valence-electron chi connectivity index (χ4n) is 1.25. The lowest BCUT2D eigenvalue weighted by atomic mass is 10.3. The summed E-state index contributed by atoms with van der Waals surface area (Å²) in [5.74, 6) is 0.412. The third kappa shape index (κ3) is 2.23. The van der Waals surface area contributed by atoms with Crippen molar-refractivity contribution in [3.05, 3.63) is 18.0 Å². The zero-order chi connectivity index (χ0) is 9.47. The highest BCUT2D eigenvalue weighted by molar-refractivity contribution is 5.12. The Labute approximate surface area is 73.4 Å². The maximum atomic E-state index is 11.9. The summed E-state index contributed by atoms with van der Waals surface area (Å²) < 4.78 is 36.7. The van der Waals surface area contributed by atoms with Gasteiger partial charge < -0.3 is 0 Å². The monoisotopic (exact) mass is 190 g/mol. The molecular formula is C8H9F3N2. The Kier molecular flexibility index (Phi) is 1.82. The van der Waals surface area contributed by atoms with Gasteiger partial charge in [-0.3, -0.25) is 4.68 Å². The quantitative estimate of drug-likeness (QED) is 0.699. The Morgan fingerprint density at radius 1 is 1.46 bits per heavy atom. The van der Waals surface area contributed by atoms with E-state index in [1.165, 1.54) is 6.20 Å². The molecule has 1 saturated carbocycles. The van der Waals surface area contributed by atoms with Crippen LogP contribution in [0.4, 0.5) is 13.2 Å². The van der Waals surface area contributed by atoms with Crippen molar-refractivity contribution < 1.29 is 13.2 Å². The van der Waals surface area contributed by atoms with Crippen molar-refractivity contribution in [2.45, 2.75) is 31.5 Å². The van der Waals surface area contributed by atoms with Crippen LogP contribution in [0.1, 0.15) is 24.5 Å². The van der Waals surface area contributed by atoms with Crippen molar-refractivity contribution in [2.75, 3.05) is 0 Å². The van der Waals surface area contributed by atoms with E-state index < -0.39 is 12.7 Å². The van der Waals surface area contributed by atoms with E-state index in [1.54, 1.807) is 6.07 Å². The minimum Gasteiger partial charge on any atom is -0.263 e. The second-order valence-electron chi connectivity index (χ2n) is 3.33. The van der Waals surface area contributed by atoms with Crippen LogP contribution in [0.3, 0.4) is 0 Å². The first-order chi connectivity index (χ1) is 6.04. The highest BCUT2D eigenvalue weighted by Crippen LogP contribution is 2.38. The normalized spacial score (nSPS) is 17.8. The molecule has 0 radical (unpaired) electrons. The lowest BCUT2D eigenvalue weighted by molar-refractivity contribution is -0.142. The predicted molar refractivity (Wildman–Crippen MR) is 40.3 cm³/mol. The lowest BCUT2D eigenvalue weighted by Gasteiger charge is -2.05. The molecule has 13 heavy (non-hydrogen) atoms. The Balaban J connectivity index is 2.04. The summed E-state index contributed by atoms with van der Waals surface area (Å²) in [7, 11) is 0. The molecule has 0 spiro atoms. The third-order valence-corrected chi connectivity index (χ3v) is 2.00. The lowest BCUT2D eigenvalue weighted by Crippen LogP contribution is -2.18. The summed E-state index contributed by atoms with van der Waals surface area (Å²) in [5, 5.41) is 3.85. The van der Waals surface area contributed by atoms with Crippen LogP contribution in [0.25, 0.3) is 0 Å². The van der Waals surface area contributed by atoms with Gasteiger partial charge in [-0.2, -0.15) is 18.3 Å². The van der Waals surface area contributed by atoms with Crippen LogP contribution >= 0.6 is 0 Å². The first-order valence-corrected chi connectivity index (χ1v) is 4.15. The van der Waals surface area contributed by atoms with Gasteiger partial charge >= 0.3 is 6.18 Å². The zero-order valence-corrected chi connectivity index (χ0v) is 6.88. The standard InChI is InChI=1S/C8H9F3N2/c9-8(10,11)5-13-4-3-7(12-13)6-1-2-6/h3-4,6H,1-2,5H2. The van der Waals surface area contributed by atoms with Crippen molar-refractivity contribution >= 4 is 0 Å². The van der Waals surface area contributed by atoms with Gasteiger partial charge in [0.2, 0.25) is 0 Å². The molecule has 2 rings (SSSR count). The molecule has 0 saturated heterocycles. The summed E-state index contributed by atoms with van der Waals surface area (Å²) >= 11 is 0. The molecule has 2 nitrogen and oxygen atoms in total. The van der Waals surface area contributed by atoms with Gasteiger partial charge in [-0.25, -0.2) is 0 Å². The number of hydrogen-bond acceptors (Lipinski definition) is 1. The molecule has 1 fully saturated rings. The molecule has 0 amide bonds. The number of alkyl halides is 3. The molecule has 0 bridgehead atoms. The van der Waals surface area contributed by atoms with Gasteiger partial charge in [0.15, 0.2) is 0 Å². The number of nitrogens with zero attached hydrogens (tertiary/aromatic N) is 2. The van der Waals surface area contributed by atoms with Gasteiger partial charge in [0.05, 0.1) is 5.69 Å². The molecule has 72 valence electrons. The van der Waals surface area contributed by atoms with E-state index in [0.29, 0.717) is 5.92 Å². The van der Waals surface area contributed by atoms with E-state index in [2.05, 4.69) is 5.10 Å². The second kappa shape index (κ2) is 2.75. The van der Waals surface area contributed by atoms with Crippen LogP contribution in [0.5, 0.6) is 0 Å². The van der Waals surface area contributed by atoms with E-state index in [4.69, 9.17) is 0 Å². The predicted octanol–water partition coefficient (Wildman–Crippen LogP) is 2.32. The second-order valence-corrected chi connectivity index (χ2v) is 3.33. The zero-order valence-electron chi connectivity index (χ0n) is 6.88. The average molecular weight is 190 g/mol.